The number of methoxy groups -OCH3 is 2. The summed E-state index contributed by atoms with van der Waals surface area (Å²) >= 11 is 0. The molecular weight excluding hydrogens is 491 g/mol. The van der Waals surface area contributed by atoms with Crippen LogP contribution in [0.4, 0.5) is 4.79 Å². The first kappa shape index (κ1) is 24.8. The zero-order valence-electron chi connectivity index (χ0n) is 17.0. The van der Waals surface area contributed by atoms with Crippen molar-refractivity contribution in [3.63, 3.8) is 0 Å². The van der Waals surface area contributed by atoms with E-state index >= 15 is 0 Å². The number of esters is 1. The van der Waals surface area contributed by atoms with Crippen molar-refractivity contribution >= 4 is 42.0 Å². The average Bonchev–Trinajstić information content (AvgIpc) is 2.72. The minimum atomic E-state index is -0.470. The zero-order valence-corrected chi connectivity index (χ0v) is 19.3. The van der Waals surface area contributed by atoms with Gasteiger partial charge in [-0.1, -0.05) is 6.07 Å². The highest BCUT2D eigenvalue weighted by Crippen LogP contribution is 2.21. The van der Waals surface area contributed by atoms with E-state index in [4.69, 9.17) is 19.9 Å². The van der Waals surface area contributed by atoms with Crippen LogP contribution in [0.15, 0.2) is 23.2 Å². The number of rotatable bonds is 6. The van der Waals surface area contributed by atoms with Gasteiger partial charge in [-0.2, -0.15) is 0 Å². The highest BCUT2D eigenvalue weighted by atomic mass is 127. The first-order chi connectivity index (χ1) is 13.5. The number of nitrogens with one attached hydrogen (secondary N) is 1. The van der Waals surface area contributed by atoms with Crippen LogP contribution in [0, 0.1) is 0 Å². The van der Waals surface area contributed by atoms with E-state index in [1.807, 2.05) is 6.07 Å². The number of amides is 1. The van der Waals surface area contributed by atoms with Crippen molar-refractivity contribution in [1.29, 1.82) is 0 Å². The molecule has 1 aromatic carbocycles. The Kier molecular flexibility index (Phi) is 10.6. The average molecular weight is 520 g/mol. The van der Waals surface area contributed by atoms with E-state index in [0.717, 1.165) is 18.4 Å². The molecule has 10 heteroatoms. The molecule has 0 aliphatic carbocycles. The van der Waals surface area contributed by atoms with Gasteiger partial charge < -0.3 is 30.2 Å². The second-order valence-corrected chi connectivity index (χ2v) is 6.33. The van der Waals surface area contributed by atoms with E-state index in [0.29, 0.717) is 43.5 Å². The molecular formula is C19H29IN4O5. The molecule has 0 radical (unpaired) electrons. The highest BCUT2D eigenvalue weighted by Gasteiger charge is 2.23. The zero-order chi connectivity index (χ0) is 20.5. The van der Waals surface area contributed by atoms with Gasteiger partial charge in [-0.15, -0.1) is 24.0 Å². The van der Waals surface area contributed by atoms with E-state index < -0.39 is 5.97 Å². The Balaban J connectivity index is 0.00000420. The summed E-state index contributed by atoms with van der Waals surface area (Å²) in [6.07, 6.45) is 1.26. The number of hydrogen-bond donors (Lipinski definition) is 2. The maximum absolute atomic E-state index is 11.8. The summed E-state index contributed by atoms with van der Waals surface area (Å²) in [5, 5.41) is 3.18. The number of benzene rings is 1. The molecule has 2 rings (SSSR count). The topological polar surface area (TPSA) is 115 Å². The molecule has 162 valence electrons. The third kappa shape index (κ3) is 7.26. The van der Waals surface area contributed by atoms with Gasteiger partial charge in [0.05, 0.1) is 27.4 Å². The molecule has 29 heavy (non-hydrogen) atoms. The fraction of sp³-hybridized carbons (Fsp3) is 0.526. The molecule has 1 aromatic rings. The highest BCUT2D eigenvalue weighted by molar-refractivity contribution is 14.0. The van der Waals surface area contributed by atoms with Crippen LogP contribution in [-0.2, 0) is 16.0 Å². The lowest BCUT2D eigenvalue weighted by atomic mass is 10.1. The fourth-order valence-electron chi connectivity index (χ4n) is 2.98. The summed E-state index contributed by atoms with van der Waals surface area (Å²) in [5.74, 6) is 0.297. The lowest BCUT2D eigenvalue weighted by Crippen LogP contribution is -2.48. The summed E-state index contributed by atoms with van der Waals surface area (Å²) < 4.78 is 15.0. The Bertz CT molecular complexity index is 721. The summed E-state index contributed by atoms with van der Waals surface area (Å²) in [4.78, 5) is 29.6. The Morgan fingerprint density at radius 3 is 2.55 bits per heavy atom. The number of nitrogens with two attached hydrogens (primary N) is 1. The Hall–Kier alpha value is -2.24. The number of piperidine rings is 1. The largest absolute Gasteiger partial charge is 0.496 e. The minimum Gasteiger partial charge on any atom is -0.496 e. The molecule has 0 atom stereocenters. The molecule has 0 aromatic heterocycles. The molecule has 1 aliphatic rings. The number of ether oxygens (including phenoxy) is 3. The number of halogens is 1. The second-order valence-electron chi connectivity index (χ2n) is 6.33. The normalized spacial score (nSPS) is 14.6. The lowest BCUT2D eigenvalue weighted by Gasteiger charge is -2.31. The Labute approximate surface area is 188 Å². The standard InChI is InChI=1S/C19H28N4O5.HI/c1-4-28-19(25)23-9-7-14(8-10-23)22-18(20)21-12-13-5-6-16(26-2)15(11-13)17(24)27-3;/h5-6,11,14H,4,7-10,12H2,1-3H3,(H3,20,21,22);1H. The third-order valence-electron chi connectivity index (χ3n) is 4.47. The summed E-state index contributed by atoms with van der Waals surface area (Å²) in [6.45, 7) is 3.71. The van der Waals surface area contributed by atoms with Gasteiger partial charge in [-0.05, 0) is 37.5 Å². The van der Waals surface area contributed by atoms with Crippen LogP contribution in [0.2, 0.25) is 0 Å². The Morgan fingerprint density at radius 1 is 1.28 bits per heavy atom. The number of carbonyl (C=O) groups is 2. The van der Waals surface area contributed by atoms with Gasteiger partial charge in [-0.3, -0.25) is 0 Å². The van der Waals surface area contributed by atoms with E-state index in [2.05, 4.69) is 10.3 Å². The molecule has 1 heterocycles. The van der Waals surface area contributed by atoms with Crippen LogP contribution in [0.1, 0.15) is 35.7 Å². The number of aliphatic imine (C=N–C) groups is 1. The van der Waals surface area contributed by atoms with Crippen LogP contribution >= 0.6 is 24.0 Å². The lowest BCUT2D eigenvalue weighted by molar-refractivity contribution is 0.0596. The fourth-order valence-corrected chi connectivity index (χ4v) is 2.98. The van der Waals surface area contributed by atoms with E-state index in [1.165, 1.54) is 14.2 Å². The number of hydrogen-bond acceptors (Lipinski definition) is 6. The Morgan fingerprint density at radius 2 is 1.97 bits per heavy atom. The van der Waals surface area contributed by atoms with Crippen LogP contribution in [-0.4, -0.2) is 62.9 Å². The molecule has 9 nitrogen and oxygen atoms in total. The quantitative estimate of drug-likeness (QED) is 0.256. The first-order valence-corrected chi connectivity index (χ1v) is 9.21. The molecule has 0 unspecified atom stereocenters. The molecule has 0 spiro atoms. The van der Waals surface area contributed by atoms with E-state index in [9.17, 15) is 9.59 Å². The first-order valence-electron chi connectivity index (χ1n) is 9.21. The molecule has 1 saturated heterocycles. The summed E-state index contributed by atoms with van der Waals surface area (Å²) in [6, 6.07) is 5.35. The molecule has 0 bridgehead atoms. The number of guanidine groups is 1. The predicted octanol–water partition coefficient (Wildman–Crippen LogP) is 2.13. The summed E-state index contributed by atoms with van der Waals surface area (Å²) in [7, 11) is 2.82. The molecule has 1 amide bonds. The van der Waals surface area contributed by atoms with Crippen molar-refractivity contribution in [3.8, 4) is 5.75 Å². The van der Waals surface area contributed by atoms with Gasteiger partial charge in [-0.25, -0.2) is 14.6 Å². The van der Waals surface area contributed by atoms with Crippen molar-refractivity contribution in [2.45, 2.75) is 32.4 Å². The number of likely N-dealkylation sites (tertiary alicyclic amines) is 1. The molecule has 3 N–H and O–H groups in total. The van der Waals surface area contributed by atoms with Crippen LogP contribution in [0.5, 0.6) is 5.75 Å². The minimum absolute atomic E-state index is 0. The van der Waals surface area contributed by atoms with Crippen LogP contribution < -0.4 is 15.8 Å². The van der Waals surface area contributed by atoms with Crippen LogP contribution in [0.25, 0.3) is 0 Å². The van der Waals surface area contributed by atoms with E-state index in [1.54, 1.807) is 24.0 Å². The second kappa shape index (κ2) is 12.3. The maximum Gasteiger partial charge on any atom is 0.409 e. The van der Waals surface area contributed by atoms with Gasteiger partial charge in [0.25, 0.3) is 0 Å². The third-order valence-corrected chi connectivity index (χ3v) is 4.47. The maximum atomic E-state index is 11.8. The van der Waals surface area contributed by atoms with E-state index in [-0.39, 0.29) is 36.1 Å². The van der Waals surface area contributed by atoms with Crippen molar-refractivity contribution in [2.24, 2.45) is 10.7 Å². The van der Waals surface area contributed by atoms with Gasteiger partial charge in [0, 0.05) is 19.1 Å². The van der Waals surface area contributed by atoms with Gasteiger partial charge in [0.2, 0.25) is 0 Å². The van der Waals surface area contributed by atoms with Crippen molar-refractivity contribution in [2.75, 3.05) is 33.9 Å². The monoisotopic (exact) mass is 520 g/mol. The van der Waals surface area contributed by atoms with Crippen molar-refractivity contribution < 1.29 is 23.8 Å². The van der Waals surface area contributed by atoms with Gasteiger partial charge in [0.15, 0.2) is 5.96 Å². The molecule has 1 fully saturated rings. The van der Waals surface area contributed by atoms with Crippen molar-refractivity contribution in [1.82, 2.24) is 10.2 Å². The smallest absolute Gasteiger partial charge is 0.409 e. The van der Waals surface area contributed by atoms with Crippen LogP contribution in [0.3, 0.4) is 0 Å². The van der Waals surface area contributed by atoms with Crippen molar-refractivity contribution in [3.05, 3.63) is 29.3 Å². The molecule has 0 saturated carbocycles. The van der Waals surface area contributed by atoms with Gasteiger partial charge >= 0.3 is 12.1 Å². The summed E-state index contributed by atoms with van der Waals surface area (Å²) in [5.41, 5.74) is 7.14. The number of nitrogens with zero attached hydrogens (tertiary/aromatic N) is 2. The molecule has 1 aliphatic heterocycles. The SMILES string of the molecule is CCOC(=O)N1CCC(NC(N)=NCc2ccc(OC)c(C(=O)OC)c2)CC1.I. The predicted molar refractivity (Wildman–Crippen MR) is 120 cm³/mol. The van der Waals surface area contributed by atoms with Gasteiger partial charge in [0.1, 0.15) is 11.3 Å². The number of carbonyl (C=O) groups excluding carboxylic acids is 2.